The maximum atomic E-state index is 12.6. The number of hydrogen-bond donors (Lipinski definition) is 2. The highest BCUT2D eigenvalue weighted by atomic mass is 32.2. The number of thiophene rings is 1. The number of rotatable bonds is 5. The first-order valence-corrected chi connectivity index (χ1v) is 9.85. The molecule has 4 heterocycles. The van der Waals surface area contributed by atoms with E-state index in [1.165, 1.54) is 11.3 Å². The van der Waals surface area contributed by atoms with Crippen molar-refractivity contribution in [1.29, 1.82) is 0 Å². The van der Waals surface area contributed by atoms with E-state index in [1.807, 2.05) is 30.3 Å². The molecule has 6 nitrogen and oxygen atoms in total. The molecule has 2 N–H and O–H groups in total. The van der Waals surface area contributed by atoms with Gasteiger partial charge in [-0.25, -0.2) is 18.1 Å². The molecule has 126 valence electrons. The van der Waals surface area contributed by atoms with E-state index < -0.39 is 10.0 Å². The molecule has 0 atom stereocenters. The topological polar surface area (TPSA) is 87.7 Å². The predicted octanol–water partition coefficient (Wildman–Crippen LogP) is 3.16. The third-order valence-electron chi connectivity index (χ3n) is 3.77. The lowest BCUT2D eigenvalue weighted by Crippen LogP contribution is -2.22. The van der Waals surface area contributed by atoms with Crippen molar-refractivity contribution in [2.45, 2.75) is 10.8 Å². The molecule has 0 aliphatic rings. The zero-order valence-corrected chi connectivity index (χ0v) is 14.6. The van der Waals surface area contributed by atoms with Crippen LogP contribution in [0.15, 0.2) is 65.3 Å². The normalized spacial score (nSPS) is 11.8. The molecule has 4 aromatic heterocycles. The second-order valence-corrected chi connectivity index (χ2v) is 8.45. The molecule has 0 aromatic carbocycles. The smallest absolute Gasteiger partial charge is 0.250 e. The second kappa shape index (κ2) is 6.40. The van der Waals surface area contributed by atoms with Gasteiger partial charge < -0.3 is 4.98 Å². The van der Waals surface area contributed by atoms with E-state index >= 15 is 0 Å². The van der Waals surface area contributed by atoms with E-state index in [1.54, 1.807) is 30.7 Å². The number of hydrogen-bond acceptors (Lipinski definition) is 5. The van der Waals surface area contributed by atoms with Gasteiger partial charge in [-0.3, -0.25) is 4.98 Å². The molecular formula is C17H14N4O2S2. The summed E-state index contributed by atoms with van der Waals surface area (Å²) >= 11 is 1.20. The van der Waals surface area contributed by atoms with E-state index in [0.717, 1.165) is 27.2 Å². The SMILES string of the molecule is O=S(=O)(NCc1ccnc2[nH]ccc12)c1ccc(-c2ccccn2)s1. The molecule has 0 saturated carbocycles. The summed E-state index contributed by atoms with van der Waals surface area (Å²) < 4.78 is 28.1. The van der Waals surface area contributed by atoms with Crippen LogP contribution < -0.4 is 4.72 Å². The van der Waals surface area contributed by atoms with Crippen LogP contribution in [0.2, 0.25) is 0 Å². The van der Waals surface area contributed by atoms with E-state index in [2.05, 4.69) is 19.7 Å². The van der Waals surface area contributed by atoms with Gasteiger partial charge in [0, 0.05) is 30.5 Å². The number of H-pyrrole nitrogens is 1. The van der Waals surface area contributed by atoms with Crippen molar-refractivity contribution in [3.05, 3.63) is 66.6 Å². The van der Waals surface area contributed by atoms with Crippen LogP contribution in [0.25, 0.3) is 21.6 Å². The van der Waals surface area contributed by atoms with Gasteiger partial charge in [-0.15, -0.1) is 11.3 Å². The Balaban J connectivity index is 1.56. The highest BCUT2D eigenvalue weighted by Crippen LogP contribution is 2.29. The van der Waals surface area contributed by atoms with Gasteiger partial charge in [0.2, 0.25) is 10.0 Å². The predicted molar refractivity (Wildman–Crippen MR) is 97.7 cm³/mol. The number of pyridine rings is 2. The Morgan fingerprint density at radius 1 is 1.04 bits per heavy atom. The fraction of sp³-hybridized carbons (Fsp3) is 0.0588. The van der Waals surface area contributed by atoms with Gasteiger partial charge >= 0.3 is 0 Å². The summed E-state index contributed by atoms with van der Waals surface area (Å²) in [4.78, 5) is 12.3. The van der Waals surface area contributed by atoms with Crippen LogP contribution in [0.4, 0.5) is 0 Å². The Morgan fingerprint density at radius 2 is 1.96 bits per heavy atom. The van der Waals surface area contributed by atoms with Crippen molar-refractivity contribution in [2.75, 3.05) is 0 Å². The maximum absolute atomic E-state index is 12.6. The summed E-state index contributed by atoms with van der Waals surface area (Å²) in [6.07, 6.45) is 5.13. The molecular weight excluding hydrogens is 356 g/mol. The van der Waals surface area contributed by atoms with Crippen molar-refractivity contribution < 1.29 is 8.42 Å². The van der Waals surface area contributed by atoms with E-state index in [-0.39, 0.29) is 10.8 Å². The standard InChI is InChI=1S/C17H14N4O2S2/c22-25(23,16-5-4-15(24-16)14-3-1-2-8-18-14)21-11-12-6-9-19-17-13(12)7-10-20-17/h1-10,21H,11H2,(H,19,20). The van der Waals surface area contributed by atoms with Gasteiger partial charge in [0.05, 0.1) is 10.6 Å². The van der Waals surface area contributed by atoms with E-state index in [4.69, 9.17) is 0 Å². The lowest BCUT2D eigenvalue weighted by atomic mass is 10.2. The van der Waals surface area contributed by atoms with Gasteiger partial charge in [-0.1, -0.05) is 6.07 Å². The Morgan fingerprint density at radius 3 is 2.80 bits per heavy atom. The Labute approximate surface area is 148 Å². The Hall–Kier alpha value is -2.55. The second-order valence-electron chi connectivity index (χ2n) is 5.37. The first-order valence-electron chi connectivity index (χ1n) is 7.55. The Bertz CT molecular complexity index is 1120. The minimum atomic E-state index is -3.59. The van der Waals surface area contributed by atoms with Crippen LogP contribution in [0.1, 0.15) is 5.56 Å². The van der Waals surface area contributed by atoms with Crippen LogP contribution >= 0.6 is 11.3 Å². The zero-order chi connectivity index (χ0) is 17.3. The molecule has 0 amide bonds. The summed E-state index contributed by atoms with van der Waals surface area (Å²) in [6, 6.07) is 12.6. The third-order valence-corrected chi connectivity index (χ3v) is 6.77. The van der Waals surface area contributed by atoms with Crippen molar-refractivity contribution in [3.63, 3.8) is 0 Å². The summed E-state index contributed by atoms with van der Waals surface area (Å²) in [7, 11) is -3.59. The van der Waals surface area contributed by atoms with Crippen LogP contribution in [-0.4, -0.2) is 23.4 Å². The van der Waals surface area contributed by atoms with E-state index in [0.29, 0.717) is 0 Å². The minimum absolute atomic E-state index is 0.204. The molecule has 4 aromatic rings. The average Bonchev–Trinajstić information content (AvgIpc) is 3.30. The van der Waals surface area contributed by atoms with Gasteiger partial charge in [-0.2, -0.15) is 0 Å². The minimum Gasteiger partial charge on any atom is -0.346 e. The number of aromatic amines is 1. The van der Waals surface area contributed by atoms with Crippen LogP contribution in [0, 0.1) is 0 Å². The van der Waals surface area contributed by atoms with Crippen LogP contribution in [-0.2, 0) is 16.6 Å². The molecule has 0 aliphatic heterocycles. The molecule has 0 aliphatic carbocycles. The van der Waals surface area contributed by atoms with Crippen molar-refractivity contribution in [3.8, 4) is 10.6 Å². The molecule has 0 fully saturated rings. The lowest BCUT2D eigenvalue weighted by molar-refractivity contribution is 0.583. The largest absolute Gasteiger partial charge is 0.346 e. The lowest BCUT2D eigenvalue weighted by Gasteiger charge is -2.06. The molecule has 0 saturated heterocycles. The summed E-state index contributed by atoms with van der Waals surface area (Å²) in [5.74, 6) is 0. The summed E-state index contributed by atoms with van der Waals surface area (Å²) in [6.45, 7) is 0.204. The summed E-state index contributed by atoms with van der Waals surface area (Å²) in [5, 5.41) is 0.908. The quantitative estimate of drug-likeness (QED) is 0.565. The fourth-order valence-electron chi connectivity index (χ4n) is 2.53. The van der Waals surface area contributed by atoms with E-state index in [9.17, 15) is 8.42 Å². The summed E-state index contributed by atoms with van der Waals surface area (Å²) in [5.41, 5.74) is 2.37. The average molecular weight is 370 g/mol. The van der Waals surface area contributed by atoms with Crippen LogP contribution in [0.5, 0.6) is 0 Å². The molecule has 0 spiro atoms. The fourth-order valence-corrected chi connectivity index (χ4v) is 4.86. The zero-order valence-electron chi connectivity index (χ0n) is 13.0. The highest BCUT2D eigenvalue weighted by molar-refractivity contribution is 7.91. The van der Waals surface area contributed by atoms with Crippen molar-refractivity contribution in [1.82, 2.24) is 19.7 Å². The number of nitrogens with zero attached hydrogens (tertiary/aromatic N) is 2. The molecule has 0 unspecified atom stereocenters. The number of aromatic nitrogens is 3. The molecule has 4 rings (SSSR count). The first-order chi connectivity index (χ1) is 12.1. The molecule has 25 heavy (non-hydrogen) atoms. The van der Waals surface area contributed by atoms with Gasteiger partial charge in [-0.05, 0) is 42.0 Å². The monoisotopic (exact) mass is 370 g/mol. The maximum Gasteiger partial charge on any atom is 0.250 e. The molecule has 0 bridgehead atoms. The van der Waals surface area contributed by atoms with Crippen LogP contribution in [0.3, 0.4) is 0 Å². The number of nitrogens with one attached hydrogen (secondary N) is 2. The van der Waals surface area contributed by atoms with Gasteiger partial charge in [0.25, 0.3) is 0 Å². The number of fused-ring (bicyclic) bond motifs is 1. The van der Waals surface area contributed by atoms with Crippen molar-refractivity contribution in [2.24, 2.45) is 0 Å². The van der Waals surface area contributed by atoms with Gasteiger partial charge in [0.15, 0.2) is 0 Å². The highest BCUT2D eigenvalue weighted by Gasteiger charge is 2.18. The Kier molecular flexibility index (Phi) is 4.08. The number of sulfonamides is 1. The molecule has 0 radical (unpaired) electrons. The first kappa shape index (κ1) is 15.9. The van der Waals surface area contributed by atoms with Crippen molar-refractivity contribution >= 4 is 32.4 Å². The van der Waals surface area contributed by atoms with Gasteiger partial charge in [0.1, 0.15) is 9.86 Å². The molecule has 8 heteroatoms. The third kappa shape index (κ3) is 3.19.